The fourth-order valence-electron chi connectivity index (χ4n) is 4.26. The van der Waals surface area contributed by atoms with E-state index in [4.69, 9.17) is 4.11 Å². The van der Waals surface area contributed by atoms with Crippen molar-refractivity contribution in [3.05, 3.63) is 45.6 Å². The zero-order valence-electron chi connectivity index (χ0n) is 19.2. The fourth-order valence-corrected chi connectivity index (χ4v) is 4.61. The van der Waals surface area contributed by atoms with Gasteiger partial charge < -0.3 is 4.90 Å². The van der Waals surface area contributed by atoms with E-state index in [0.29, 0.717) is 48.2 Å². The topological polar surface area (TPSA) is 59.6 Å². The van der Waals surface area contributed by atoms with Gasteiger partial charge in [0, 0.05) is 41.8 Å². The van der Waals surface area contributed by atoms with Gasteiger partial charge in [-0.3, -0.25) is 18.6 Å². The van der Waals surface area contributed by atoms with E-state index in [-0.39, 0.29) is 16.7 Å². The number of carbonyl (C=O) groups is 1. The molecule has 0 spiro atoms. The summed E-state index contributed by atoms with van der Waals surface area (Å²) >= 11 is 3.62. The van der Waals surface area contributed by atoms with Gasteiger partial charge in [-0.05, 0) is 43.9 Å². The quantitative estimate of drug-likeness (QED) is 0.562. The van der Waals surface area contributed by atoms with E-state index in [1.165, 1.54) is 0 Å². The maximum atomic E-state index is 13.5. The van der Waals surface area contributed by atoms with Gasteiger partial charge in [0.25, 0.3) is 5.56 Å². The number of hydrogen-bond donors (Lipinski definition) is 0. The van der Waals surface area contributed by atoms with Crippen LogP contribution in [0.5, 0.6) is 0 Å². The maximum Gasteiger partial charge on any atom is 0.261 e. The van der Waals surface area contributed by atoms with E-state index < -0.39 is 12.5 Å². The van der Waals surface area contributed by atoms with Crippen molar-refractivity contribution >= 4 is 38.4 Å². The summed E-state index contributed by atoms with van der Waals surface area (Å²) in [6, 6.07) is 3.74. The Morgan fingerprint density at radius 2 is 2.07 bits per heavy atom. The second-order valence-corrected chi connectivity index (χ2v) is 8.98. The highest BCUT2D eigenvalue weighted by molar-refractivity contribution is 9.09. The minimum absolute atomic E-state index is 0.0265. The lowest BCUT2D eigenvalue weighted by Crippen LogP contribution is -2.36. The van der Waals surface area contributed by atoms with Crippen molar-refractivity contribution in [3.63, 3.8) is 0 Å². The molecule has 0 bridgehead atoms. The molecule has 7 heteroatoms. The lowest BCUT2D eigenvalue weighted by Gasteiger charge is -2.30. The predicted octanol–water partition coefficient (Wildman–Crippen LogP) is 3.68. The van der Waals surface area contributed by atoms with Gasteiger partial charge in [0.2, 0.25) is 5.91 Å². The Labute approximate surface area is 176 Å². The average Bonchev–Trinajstić information content (AvgIpc) is 3.10. The fraction of sp³-hybridized carbons (Fsp3) is 0.476. The number of nitrogens with zero attached hydrogens (tertiary/aromatic N) is 4. The van der Waals surface area contributed by atoms with Gasteiger partial charge in [-0.2, -0.15) is 0 Å². The Balaban J connectivity index is 2.04. The number of aromatic nitrogens is 3. The average molecular weight is 448 g/mol. The summed E-state index contributed by atoms with van der Waals surface area (Å²) in [7, 11) is 0. The summed E-state index contributed by atoms with van der Waals surface area (Å²) in [6.45, 7) is 3.95. The number of benzene rings is 1. The molecule has 1 unspecified atom stereocenters. The normalized spacial score (nSPS) is 18.9. The highest BCUT2D eigenvalue weighted by Gasteiger charge is 2.27. The Morgan fingerprint density at radius 1 is 1.36 bits per heavy atom. The van der Waals surface area contributed by atoms with Crippen molar-refractivity contribution in [2.45, 2.75) is 44.4 Å². The first-order chi connectivity index (χ1) is 14.5. The molecule has 2 aromatic heterocycles. The van der Waals surface area contributed by atoms with Crippen molar-refractivity contribution in [2.24, 2.45) is 6.98 Å². The zero-order valence-corrected chi connectivity index (χ0v) is 17.8. The molecular weight excluding hydrogens is 420 g/mol. The number of alkyl halides is 1. The molecular formula is C21H25BrN4O2. The van der Waals surface area contributed by atoms with Gasteiger partial charge in [0.1, 0.15) is 12.0 Å². The van der Waals surface area contributed by atoms with Crippen LogP contribution in [0.2, 0.25) is 0 Å². The first kappa shape index (κ1) is 15.7. The number of carbonyl (C=O) groups excluding carboxylic acids is 1. The Morgan fingerprint density at radius 3 is 2.68 bits per heavy atom. The van der Waals surface area contributed by atoms with E-state index in [0.717, 1.165) is 15.7 Å². The van der Waals surface area contributed by atoms with Crippen molar-refractivity contribution in [1.29, 1.82) is 0 Å². The molecule has 1 aromatic carbocycles. The molecule has 3 aromatic rings. The Kier molecular flexibility index (Phi) is 3.95. The SMILES string of the molecule is [2H]C([2H])([2H])n1c(=O)c2cc(C)cc(C(C)Br)c2n2cnc(C3CCN(C(C)=O)CC3)c12. The number of aryl methyl sites for hydroxylation is 2. The van der Waals surface area contributed by atoms with Crippen LogP contribution in [-0.2, 0) is 11.8 Å². The second-order valence-electron chi connectivity index (χ2n) is 7.61. The van der Waals surface area contributed by atoms with Gasteiger partial charge in [-0.15, -0.1) is 0 Å². The summed E-state index contributed by atoms with van der Waals surface area (Å²) in [5.41, 5.74) is 2.85. The van der Waals surface area contributed by atoms with Crippen LogP contribution in [0.3, 0.4) is 0 Å². The van der Waals surface area contributed by atoms with Crippen molar-refractivity contribution in [1.82, 2.24) is 18.9 Å². The second kappa shape index (κ2) is 7.03. The Hall–Kier alpha value is -2.15. The molecule has 1 saturated heterocycles. The van der Waals surface area contributed by atoms with Crippen LogP contribution in [-0.4, -0.2) is 37.8 Å². The molecule has 0 radical (unpaired) electrons. The first-order valence-corrected chi connectivity index (χ1v) is 10.4. The van der Waals surface area contributed by atoms with Gasteiger partial charge in [-0.25, -0.2) is 4.98 Å². The van der Waals surface area contributed by atoms with E-state index in [1.807, 2.05) is 19.9 Å². The first-order valence-electron chi connectivity index (χ1n) is 11.0. The van der Waals surface area contributed by atoms with Crippen LogP contribution in [0.25, 0.3) is 16.6 Å². The number of likely N-dealkylation sites (tertiary alicyclic amines) is 1. The minimum atomic E-state index is -2.65. The molecule has 4 rings (SSSR count). The largest absolute Gasteiger partial charge is 0.343 e. The summed E-state index contributed by atoms with van der Waals surface area (Å²) in [4.78, 5) is 31.5. The summed E-state index contributed by atoms with van der Waals surface area (Å²) in [6.07, 6.45) is 2.98. The molecule has 0 N–H and O–H groups in total. The third-order valence-corrected chi connectivity index (χ3v) is 6.19. The van der Waals surface area contributed by atoms with Gasteiger partial charge in [-0.1, -0.05) is 22.0 Å². The summed E-state index contributed by atoms with van der Waals surface area (Å²) in [5, 5.41) is 0.361. The van der Waals surface area contributed by atoms with Crippen LogP contribution in [0.1, 0.15) is 58.4 Å². The van der Waals surface area contributed by atoms with Crippen molar-refractivity contribution in [2.75, 3.05) is 13.1 Å². The molecule has 28 heavy (non-hydrogen) atoms. The predicted molar refractivity (Wildman–Crippen MR) is 114 cm³/mol. The van der Waals surface area contributed by atoms with E-state index >= 15 is 0 Å². The van der Waals surface area contributed by atoms with Gasteiger partial charge in [0.15, 0.2) is 0 Å². The molecule has 6 nitrogen and oxygen atoms in total. The molecule has 0 saturated carbocycles. The van der Waals surface area contributed by atoms with E-state index in [1.54, 1.807) is 28.6 Å². The molecule has 1 fully saturated rings. The van der Waals surface area contributed by atoms with Gasteiger partial charge >= 0.3 is 0 Å². The number of fused-ring (bicyclic) bond motifs is 3. The van der Waals surface area contributed by atoms with E-state index in [9.17, 15) is 9.59 Å². The minimum Gasteiger partial charge on any atom is -0.343 e. The highest BCUT2D eigenvalue weighted by atomic mass is 79.9. The third-order valence-electron chi connectivity index (χ3n) is 5.70. The monoisotopic (exact) mass is 447 g/mol. The van der Waals surface area contributed by atoms with Crippen LogP contribution in [0, 0.1) is 6.92 Å². The summed E-state index contributed by atoms with van der Waals surface area (Å²) in [5.74, 6) is 0.00574. The standard InChI is InChI=1S/C21H25BrN4O2/c1-12-9-16(13(2)22)19-17(10-12)21(28)24(4)20-18(23-11-26(19)20)15-5-7-25(8-6-15)14(3)27/h9-11,13,15H,5-8H2,1-4H3/i4D3. The van der Waals surface area contributed by atoms with Crippen LogP contribution < -0.4 is 5.56 Å². The lowest BCUT2D eigenvalue weighted by molar-refractivity contribution is -0.129. The smallest absolute Gasteiger partial charge is 0.261 e. The molecule has 1 aliphatic heterocycles. The number of imidazole rings is 1. The number of halogens is 1. The van der Waals surface area contributed by atoms with Gasteiger partial charge in [0.05, 0.1) is 16.6 Å². The lowest BCUT2D eigenvalue weighted by atomic mass is 9.93. The molecule has 3 heterocycles. The molecule has 1 aliphatic rings. The maximum absolute atomic E-state index is 13.5. The Bertz CT molecular complexity index is 1240. The highest BCUT2D eigenvalue weighted by Crippen LogP contribution is 2.34. The van der Waals surface area contributed by atoms with Crippen molar-refractivity contribution < 1.29 is 8.91 Å². The number of hydrogen-bond acceptors (Lipinski definition) is 3. The third kappa shape index (κ3) is 2.96. The van der Waals surface area contributed by atoms with Crippen LogP contribution >= 0.6 is 15.9 Å². The molecule has 1 atom stereocenters. The number of piperidine rings is 1. The molecule has 1 amide bonds. The zero-order chi connectivity index (χ0) is 22.7. The van der Waals surface area contributed by atoms with Crippen molar-refractivity contribution in [3.8, 4) is 0 Å². The van der Waals surface area contributed by atoms with Crippen LogP contribution in [0.15, 0.2) is 23.3 Å². The van der Waals surface area contributed by atoms with Crippen LogP contribution in [0.4, 0.5) is 0 Å². The summed E-state index contributed by atoms with van der Waals surface area (Å²) < 4.78 is 26.9. The number of amides is 1. The molecule has 0 aliphatic carbocycles. The van der Waals surface area contributed by atoms with E-state index in [2.05, 4.69) is 20.9 Å². The number of rotatable bonds is 2. The molecule has 148 valence electrons.